The lowest BCUT2D eigenvalue weighted by Gasteiger charge is -2.23. The van der Waals surface area contributed by atoms with Crippen LogP contribution in [0.1, 0.15) is 59.5 Å². The molecule has 230 valence electrons. The Morgan fingerprint density at radius 1 is 0.780 bits per heavy atom. The van der Waals surface area contributed by atoms with Gasteiger partial charge in [0.05, 0.1) is 22.5 Å². The van der Waals surface area contributed by atoms with Crippen LogP contribution in [-0.2, 0) is 49.5 Å². The van der Waals surface area contributed by atoms with Crippen molar-refractivity contribution in [3.63, 3.8) is 0 Å². The molecular weight excluding hydrogens is 588 g/mol. The van der Waals surface area contributed by atoms with E-state index < -0.39 is 89.2 Å². The highest BCUT2D eigenvalue weighted by Gasteiger charge is 2.36. The van der Waals surface area contributed by atoms with Crippen LogP contribution in [0, 0.1) is 24.7 Å². The summed E-state index contributed by atoms with van der Waals surface area (Å²) < 4.78 is 32.5. The van der Waals surface area contributed by atoms with Crippen molar-refractivity contribution in [1.82, 2.24) is 0 Å². The summed E-state index contributed by atoms with van der Waals surface area (Å²) in [5, 5.41) is -1.77. The molecule has 0 aromatic carbocycles. The first kappa shape index (κ1) is 35.8. The zero-order valence-corrected chi connectivity index (χ0v) is 25.4. The lowest BCUT2D eigenvalue weighted by molar-refractivity contribution is -0.156. The van der Waals surface area contributed by atoms with Crippen LogP contribution >= 0.6 is 23.5 Å². The number of ketones is 1. The number of hydrogen-bond acceptors (Lipinski definition) is 16. The van der Waals surface area contributed by atoms with Crippen LogP contribution in [0.25, 0.3) is 0 Å². The van der Waals surface area contributed by atoms with E-state index in [1.165, 1.54) is 20.8 Å². The Balaban J connectivity index is 2.82. The molecule has 0 saturated heterocycles. The topological polar surface area (TPSA) is 192 Å². The summed E-state index contributed by atoms with van der Waals surface area (Å²) >= 11 is 1.06. The van der Waals surface area contributed by atoms with Gasteiger partial charge in [-0.15, -0.1) is 0 Å². The van der Waals surface area contributed by atoms with Crippen molar-refractivity contribution in [2.24, 2.45) is 17.8 Å². The molecule has 1 aromatic heterocycles. The standard InChI is InChI=1S/C25H34O14S2/c1-13(2)19(27)34-11-36-23(31)40-10-16(21(29)33-9-17-15(5)38-22(30)39-17)8-18(26)25(6,7)41-24(32)37-12-35-20(28)14(3)4/h13-14,16H,8-12H2,1-7H3/t16-/m0/s1. The van der Waals surface area contributed by atoms with Crippen LogP contribution in [0.4, 0.5) is 9.59 Å². The van der Waals surface area contributed by atoms with E-state index in [1.807, 2.05) is 0 Å². The monoisotopic (exact) mass is 622 g/mol. The van der Waals surface area contributed by atoms with Gasteiger partial charge in [0.25, 0.3) is 0 Å². The van der Waals surface area contributed by atoms with Crippen LogP contribution in [-0.4, -0.2) is 58.4 Å². The second-order valence-electron chi connectivity index (χ2n) is 9.55. The summed E-state index contributed by atoms with van der Waals surface area (Å²) in [5.74, 6) is -5.86. The molecule has 0 radical (unpaired) electrons. The molecule has 41 heavy (non-hydrogen) atoms. The average Bonchev–Trinajstić information content (AvgIpc) is 3.20. The smallest absolute Gasteiger partial charge is 0.457 e. The number of hydrogen-bond donors (Lipinski definition) is 0. The molecule has 0 aliphatic heterocycles. The number of ether oxygens (including phenoxy) is 5. The summed E-state index contributed by atoms with van der Waals surface area (Å²) in [6.07, 6.45) is -0.453. The number of Topliss-reactive ketones (excluding diaryl/α,β-unsaturated/α-hetero) is 1. The third-order valence-corrected chi connectivity index (χ3v) is 7.00. The van der Waals surface area contributed by atoms with Crippen molar-refractivity contribution in [3.05, 3.63) is 22.1 Å². The Bertz CT molecular complexity index is 1150. The fraction of sp³-hybridized carbons (Fsp3) is 0.640. The highest BCUT2D eigenvalue weighted by Crippen LogP contribution is 2.31. The molecular formula is C25H34O14S2. The first-order valence-electron chi connectivity index (χ1n) is 12.3. The van der Waals surface area contributed by atoms with E-state index >= 15 is 0 Å². The third kappa shape index (κ3) is 13.3. The lowest BCUT2D eigenvalue weighted by atomic mass is 9.97. The van der Waals surface area contributed by atoms with Crippen LogP contribution in [0.3, 0.4) is 0 Å². The van der Waals surface area contributed by atoms with Crippen molar-refractivity contribution >= 4 is 57.8 Å². The quantitative estimate of drug-likeness (QED) is 0.155. The van der Waals surface area contributed by atoms with E-state index in [-0.39, 0.29) is 17.3 Å². The second-order valence-corrected chi connectivity index (χ2v) is 12.1. The molecule has 0 aliphatic carbocycles. The Hall–Kier alpha value is -3.27. The van der Waals surface area contributed by atoms with Gasteiger partial charge in [-0.2, -0.15) is 0 Å². The SMILES string of the molecule is Cc1oc(=O)oc1COC(=O)[C@H](CSC(=O)OCOC(=O)C(C)C)CC(=O)C(C)(C)SC(=O)OCOC(=O)C(C)C. The molecule has 1 rings (SSSR count). The number of rotatable bonds is 15. The van der Waals surface area contributed by atoms with Crippen LogP contribution in [0.5, 0.6) is 0 Å². The summed E-state index contributed by atoms with van der Waals surface area (Å²) in [7, 11) is 0. The van der Waals surface area contributed by atoms with Crippen molar-refractivity contribution in [1.29, 1.82) is 0 Å². The second kappa shape index (κ2) is 16.9. The van der Waals surface area contributed by atoms with E-state index in [1.54, 1.807) is 27.7 Å². The average molecular weight is 623 g/mol. The number of esters is 3. The molecule has 0 N–H and O–H groups in total. The normalized spacial score (nSPS) is 12.0. The van der Waals surface area contributed by atoms with Gasteiger partial charge < -0.3 is 32.5 Å². The molecule has 1 aromatic rings. The summed E-state index contributed by atoms with van der Waals surface area (Å²) in [6.45, 7) is 8.96. The lowest BCUT2D eigenvalue weighted by Crippen LogP contribution is -2.34. The Kier molecular flexibility index (Phi) is 14.7. The van der Waals surface area contributed by atoms with Crippen molar-refractivity contribution in [2.75, 3.05) is 19.3 Å². The fourth-order valence-corrected chi connectivity index (χ4v) is 3.99. The van der Waals surface area contributed by atoms with Gasteiger partial charge in [0, 0.05) is 12.2 Å². The third-order valence-electron chi connectivity index (χ3n) is 5.06. The highest BCUT2D eigenvalue weighted by molar-refractivity contribution is 8.15. The van der Waals surface area contributed by atoms with E-state index in [0.29, 0.717) is 23.5 Å². The van der Waals surface area contributed by atoms with E-state index in [9.17, 15) is 33.6 Å². The van der Waals surface area contributed by atoms with Crippen molar-refractivity contribution in [3.8, 4) is 0 Å². The van der Waals surface area contributed by atoms with Gasteiger partial charge >= 0.3 is 34.3 Å². The predicted molar refractivity (Wildman–Crippen MR) is 144 cm³/mol. The van der Waals surface area contributed by atoms with E-state index in [4.69, 9.17) is 32.5 Å². The first-order chi connectivity index (χ1) is 19.0. The van der Waals surface area contributed by atoms with Gasteiger partial charge in [0.2, 0.25) is 13.6 Å². The zero-order valence-electron chi connectivity index (χ0n) is 23.8. The molecule has 14 nitrogen and oxygen atoms in total. The van der Waals surface area contributed by atoms with Gasteiger partial charge in [0.15, 0.2) is 18.1 Å². The molecule has 0 spiro atoms. The Labute approximate surface area is 244 Å². The molecule has 0 fully saturated rings. The van der Waals surface area contributed by atoms with Crippen LogP contribution in [0.2, 0.25) is 0 Å². The molecule has 0 aliphatic rings. The number of carbonyl (C=O) groups excluding carboxylic acids is 6. The fourth-order valence-electron chi connectivity index (χ4n) is 2.55. The molecule has 0 bridgehead atoms. The molecule has 0 saturated carbocycles. The van der Waals surface area contributed by atoms with Crippen LogP contribution < -0.4 is 5.82 Å². The van der Waals surface area contributed by atoms with Gasteiger partial charge in [-0.25, -0.2) is 14.4 Å². The number of thioether (sulfide) groups is 2. The van der Waals surface area contributed by atoms with Gasteiger partial charge in [-0.05, 0) is 44.3 Å². The summed E-state index contributed by atoms with van der Waals surface area (Å²) in [5.41, 5.74) is 0. The maximum atomic E-state index is 13.1. The number of carbonyl (C=O) groups is 6. The molecule has 16 heteroatoms. The number of aryl methyl sites for hydroxylation is 1. The van der Waals surface area contributed by atoms with Gasteiger partial charge in [-0.3, -0.25) is 19.2 Å². The van der Waals surface area contributed by atoms with Crippen LogP contribution in [0.15, 0.2) is 13.6 Å². The largest absolute Gasteiger partial charge is 0.519 e. The zero-order chi connectivity index (χ0) is 31.3. The van der Waals surface area contributed by atoms with E-state index in [2.05, 4.69) is 0 Å². The maximum Gasteiger partial charge on any atom is 0.519 e. The molecule has 0 unspecified atom stereocenters. The highest BCUT2D eigenvalue weighted by atomic mass is 32.2. The van der Waals surface area contributed by atoms with Crippen molar-refractivity contribution in [2.45, 2.75) is 66.2 Å². The molecule has 1 atom stereocenters. The Morgan fingerprint density at radius 2 is 1.32 bits per heavy atom. The van der Waals surface area contributed by atoms with Gasteiger partial charge in [0.1, 0.15) is 5.78 Å². The maximum absolute atomic E-state index is 13.1. The minimum Gasteiger partial charge on any atom is -0.457 e. The molecule has 1 heterocycles. The molecule has 0 amide bonds. The summed E-state index contributed by atoms with van der Waals surface area (Å²) in [6, 6.07) is 0. The minimum absolute atomic E-state index is 0.0377. The van der Waals surface area contributed by atoms with Crippen molar-refractivity contribution < 1.29 is 61.3 Å². The minimum atomic E-state index is -1.39. The van der Waals surface area contributed by atoms with E-state index in [0.717, 1.165) is 0 Å². The van der Waals surface area contributed by atoms with Gasteiger partial charge in [-0.1, -0.05) is 27.7 Å². The summed E-state index contributed by atoms with van der Waals surface area (Å²) in [4.78, 5) is 84.5. The predicted octanol–water partition coefficient (Wildman–Crippen LogP) is 3.99. The Morgan fingerprint density at radius 3 is 1.80 bits per heavy atom. The first-order valence-corrected chi connectivity index (χ1v) is 14.1.